The van der Waals surface area contributed by atoms with Gasteiger partial charge in [0, 0.05) is 17.7 Å². The summed E-state index contributed by atoms with van der Waals surface area (Å²) in [7, 11) is 4.57. The molecule has 0 N–H and O–H groups in total. The van der Waals surface area contributed by atoms with Crippen LogP contribution in [-0.4, -0.2) is 33.1 Å². The molecule has 168 valence electrons. The maximum Gasteiger partial charge on any atom is 0.343 e. The number of esters is 1. The lowest BCUT2D eigenvalue weighted by atomic mass is 10.1. The molecular formula is C26H22O7. The lowest BCUT2D eigenvalue weighted by Gasteiger charge is -2.12. The van der Waals surface area contributed by atoms with Crippen LogP contribution >= 0.6 is 0 Å². The molecule has 1 heterocycles. The number of hydrogen-bond donors (Lipinski definition) is 0. The number of ether oxygens (including phenoxy) is 5. The van der Waals surface area contributed by atoms with Crippen LogP contribution in [0.25, 0.3) is 6.08 Å². The molecule has 7 nitrogen and oxygen atoms in total. The fourth-order valence-corrected chi connectivity index (χ4v) is 3.50. The van der Waals surface area contributed by atoms with Crippen molar-refractivity contribution in [1.29, 1.82) is 0 Å². The number of benzene rings is 3. The summed E-state index contributed by atoms with van der Waals surface area (Å²) in [5.74, 6) is 1.39. The van der Waals surface area contributed by atoms with E-state index in [9.17, 15) is 9.59 Å². The minimum Gasteiger partial charge on any atom is -0.496 e. The number of allylic oxidation sites excluding steroid dienone is 1. The fourth-order valence-electron chi connectivity index (χ4n) is 3.50. The lowest BCUT2D eigenvalue weighted by molar-refractivity contribution is 0.0733. The van der Waals surface area contributed by atoms with Crippen LogP contribution in [-0.2, 0) is 0 Å². The van der Waals surface area contributed by atoms with Gasteiger partial charge in [-0.3, -0.25) is 4.79 Å². The molecular weight excluding hydrogens is 424 g/mol. The van der Waals surface area contributed by atoms with Gasteiger partial charge in [0.25, 0.3) is 0 Å². The van der Waals surface area contributed by atoms with E-state index < -0.39 is 5.97 Å². The van der Waals surface area contributed by atoms with Gasteiger partial charge >= 0.3 is 5.97 Å². The topological polar surface area (TPSA) is 80.3 Å². The normalized spacial score (nSPS) is 13.3. The Balaban J connectivity index is 1.61. The van der Waals surface area contributed by atoms with Crippen LogP contribution in [0, 0.1) is 6.92 Å². The number of hydrogen-bond acceptors (Lipinski definition) is 7. The Morgan fingerprint density at radius 3 is 2.27 bits per heavy atom. The van der Waals surface area contributed by atoms with Crippen LogP contribution in [0.15, 0.2) is 60.4 Å². The molecule has 1 aliphatic rings. The predicted molar refractivity (Wildman–Crippen MR) is 122 cm³/mol. The number of ketones is 1. The van der Waals surface area contributed by atoms with Crippen molar-refractivity contribution < 1.29 is 33.3 Å². The first-order valence-corrected chi connectivity index (χ1v) is 10.1. The second-order valence-corrected chi connectivity index (χ2v) is 7.25. The number of methoxy groups -OCH3 is 3. The Kier molecular flexibility index (Phi) is 6.04. The van der Waals surface area contributed by atoms with Crippen LogP contribution in [0.4, 0.5) is 0 Å². The van der Waals surface area contributed by atoms with Crippen LogP contribution in [0.1, 0.15) is 31.8 Å². The van der Waals surface area contributed by atoms with Gasteiger partial charge in [0.2, 0.25) is 5.78 Å². The van der Waals surface area contributed by atoms with E-state index in [1.165, 1.54) is 27.4 Å². The van der Waals surface area contributed by atoms with Crippen molar-refractivity contribution in [2.75, 3.05) is 21.3 Å². The van der Waals surface area contributed by atoms with Crippen molar-refractivity contribution >= 4 is 17.8 Å². The Labute approximate surface area is 191 Å². The predicted octanol–water partition coefficient (Wildman–Crippen LogP) is 4.86. The summed E-state index contributed by atoms with van der Waals surface area (Å²) in [5, 5.41) is 0. The van der Waals surface area contributed by atoms with E-state index >= 15 is 0 Å². The van der Waals surface area contributed by atoms with Crippen molar-refractivity contribution in [3.63, 3.8) is 0 Å². The second kappa shape index (κ2) is 9.08. The Hall–Kier alpha value is -4.26. The van der Waals surface area contributed by atoms with Crippen molar-refractivity contribution in [3.05, 3.63) is 82.6 Å². The molecule has 3 aromatic carbocycles. The van der Waals surface area contributed by atoms with Gasteiger partial charge < -0.3 is 23.7 Å². The Bertz CT molecular complexity index is 1270. The van der Waals surface area contributed by atoms with Gasteiger partial charge in [0.15, 0.2) is 17.3 Å². The van der Waals surface area contributed by atoms with Crippen LogP contribution in [0.5, 0.6) is 28.7 Å². The molecule has 0 amide bonds. The highest BCUT2D eigenvalue weighted by Gasteiger charge is 2.29. The van der Waals surface area contributed by atoms with Gasteiger partial charge in [-0.25, -0.2) is 4.79 Å². The number of aryl methyl sites for hydroxylation is 1. The van der Waals surface area contributed by atoms with Gasteiger partial charge in [-0.15, -0.1) is 0 Å². The summed E-state index contributed by atoms with van der Waals surface area (Å²) in [4.78, 5) is 25.4. The van der Waals surface area contributed by atoms with E-state index in [2.05, 4.69) is 0 Å². The molecule has 0 radical (unpaired) electrons. The van der Waals surface area contributed by atoms with Crippen molar-refractivity contribution in [1.82, 2.24) is 0 Å². The molecule has 0 unspecified atom stereocenters. The molecule has 0 aromatic heterocycles. The number of carbonyl (C=O) groups excluding carboxylic acids is 2. The maximum atomic E-state index is 12.9. The molecule has 33 heavy (non-hydrogen) atoms. The zero-order valence-corrected chi connectivity index (χ0v) is 18.6. The molecule has 3 aromatic rings. The molecule has 0 spiro atoms. The van der Waals surface area contributed by atoms with E-state index in [1.807, 2.05) is 19.1 Å². The lowest BCUT2D eigenvalue weighted by Crippen LogP contribution is -2.10. The van der Waals surface area contributed by atoms with Gasteiger partial charge in [-0.2, -0.15) is 0 Å². The summed E-state index contributed by atoms with van der Waals surface area (Å²) < 4.78 is 27.3. The van der Waals surface area contributed by atoms with Gasteiger partial charge in [-0.05, 0) is 42.8 Å². The zero-order chi connectivity index (χ0) is 23.5. The highest BCUT2D eigenvalue weighted by molar-refractivity contribution is 6.14. The quantitative estimate of drug-likeness (QED) is 0.304. The average molecular weight is 446 g/mol. The first kappa shape index (κ1) is 22.0. The molecule has 0 fully saturated rings. The molecule has 1 aliphatic heterocycles. The summed E-state index contributed by atoms with van der Waals surface area (Å²) in [6, 6.07) is 15.2. The van der Waals surface area contributed by atoms with E-state index in [0.29, 0.717) is 39.7 Å². The monoisotopic (exact) mass is 446 g/mol. The summed E-state index contributed by atoms with van der Waals surface area (Å²) in [6.45, 7) is 1.83. The molecule has 0 aliphatic carbocycles. The smallest absolute Gasteiger partial charge is 0.343 e. The number of Topliss-reactive ketones (excluding diaryl/α,β-unsaturated/α-hetero) is 1. The largest absolute Gasteiger partial charge is 0.496 e. The van der Waals surface area contributed by atoms with Gasteiger partial charge in [0.1, 0.15) is 17.2 Å². The summed E-state index contributed by atoms with van der Waals surface area (Å²) in [5.41, 5.74) is 2.23. The van der Waals surface area contributed by atoms with E-state index in [4.69, 9.17) is 23.7 Å². The van der Waals surface area contributed by atoms with E-state index in [-0.39, 0.29) is 17.3 Å². The molecule has 4 rings (SSSR count). The van der Waals surface area contributed by atoms with Crippen molar-refractivity contribution in [2.45, 2.75) is 6.92 Å². The van der Waals surface area contributed by atoms with E-state index in [1.54, 1.807) is 42.5 Å². The van der Waals surface area contributed by atoms with Gasteiger partial charge in [-0.1, -0.05) is 18.2 Å². The van der Waals surface area contributed by atoms with Crippen molar-refractivity contribution in [3.8, 4) is 28.7 Å². The maximum absolute atomic E-state index is 12.9. The number of fused-ring (bicyclic) bond motifs is 1. The third kappa shape index (κ3) is 4.25. The first-order chi connectivity index (χ1) is 15.9. The highest BCUT2D eigenvalue weighted by atomic mass is 16.5. The second-order valence-electron chi connectivity index (χ2n) is 7.25. The zero-order valence-electron chi connectivity index (χ0n) is 18.6. The molecule has 0 atom stereocenters. The minimum absolute atomic E-state index is 0.109. The van der Waals surface area contributed by atoms with Crippen LogP contribution < -0.4 is 23.7 Å². The Morgan fingerprint density at radius 1 is 0.879 bits per heavy atom. The molecule has 0 saturated heterocycles. The standard InChI is InChI=1S/C26H22O7/c1-15-7-5-6-8-18(15)26(28)32-17-9-10-19-21(13-17)33-24(25(19)27)12-16-11-22(30-3)23(31-4)14-20(16)29-2/h5-14H,1-4H3/b24-12-. The summed E-state index contributed by atoms with van der Waals surface area (Å²) in [6.07, 6.45) is 1.57. The first-order valence-electron chi connectivity index (χ1n) is 10.1. The van der Waals surface area contributed by atoms with Crippen LogP contribution in [0.2, 0.25) is 0 Å². The minimum atomic E-state index is -0.483. The number of carbonyl (C=O) groups is 2. The summed E-state index contributed by atoms with van der Waals surface area (Å²) >= 11 is 0. The molecule has 7 heteroatoms. The average Bonchev–Trinajstić information content (AvgIpc) is 3.13. The Morgan fingerprint density at radius 2 is 1.58 bits per heavy atom. The fraction of sp³-hybridized carbons (Fsp3) is 0.154. The number of rotatable bonds is 6. The molecule has 0 bridgehead atoms. The van der Waals surface area contributed by atoms with E-state index in [0.717, 1.165) is 5.56 Å². The SMILES string of the molecule is COc1cc(OC)c(OC)cc1/C=C1\Oc2cc(OC(=O)c3ccccc3C)ccc2C1=O. The molecule has 0 saturated carbocycles. The third-order valence-electron chi connectivity index (χ3n) is 5.24. The third-order valence-corrected chi connectivity index (χ3v) is 5.24. The van der Waals surface area contributed by atoms with Crippen molar-refractivity contribution in [2.24, 2.45) is 0 Å². The highest BCUT2D eigenvalue weighted by Crippen LogP contribution is 2.39. The van der Waals surface area contributed by atoms with Gasteiger partial charge in [0.05, 0.1) is 32.5 Å². The van der Waals surface area contributed by atoms with Crippen LogP contribution in [0.3, 0.4) is 0 Å².